The molecular weight excluding hydrogens is 238 g/mol. The van der Waals surface area contributed by atoms with Crippen LogP contribution in [0.4, 0.5) is 0 Å². The van der Waals surface area contributed by atoms with E-state index in [1.54, 1.807) is 0 Å². The second kappa shape index (κ2) is 5.67. The van der Waals surface area contributed by atoms with Gasteiger partial charge in [-0.3, -0.25) is 4.79 Å². The molecule has 0 aromatic rings. The highest BCUT2D eigenvalue weighted by Gasteiger charge is 2.39. The van der Waals surface area contributed by atoms with Crippen LogP contribution < -0.4 is 0 Å². The number of hydrogen-bond acceptors (Lipinski definition) is 4. The fourth-order valence-corrected chi connectivity index (χ4v) is 2.60. The normalized spacial score (nSPS) is 32.5. The van der Waals surface area contributed by atoms with E-state index in [0.29, 0.717) is 6.61 Å². The maximum Gasteiger partial charge on any atom is 0.326 e. The number of carbonyl (C=O) groups excluding carboxylic acids is 1. The summed E-state index contributed by atoms with van der Waals surface area (Å²) in [6.45, 7) is 0.783. The molecule has 6 nitrogen and oxygen atoms in total. The number of aliphatic carboxylic acids is 1. The molecule has 0 spiro atoms. The van der Waals surface area contributed by atoms with Crippen molar-refractivity contribution in [1.82, 2.24) is 4.90 Å². The highest BCUT2D eigenvalue weighted by molar-refractivity contribution is 5.84. The first-order valence-electron chi connectivity index (χ1n) is 6.40. The van der Waals surface area contributed by atoms with Crippen LogP contribution in [0.15, 0.2) is 0 Å². The Bertz CT molecular complexity index is 326. The Morgan fingerprint density at radius 3 is 2.72 bits per heavy atom. The quantitative estimate of drug-likeness (QED) is 0.742. The molecule has 1 unspecified atom stereocenters. The Balaban J connectivity index is 1.92. The molecule has 2 heterocycles. The fourth-order valence-electron chi connectivity index (χ4n) is 2.60. The summed E-state index contributed by atoms with van der Waals surface area (Å²) in [5, 5.41) is 18.5. The second-order valence-electron chi connectivity index (χ2n) is 4.98. The predicted octanol–water partition coefficient (Wildman–Crippen LogP) is -0.00800. The fraction of sp³-hybridized carbons (Fsp3) is 0.833. The zero-order chi connectivity index (χ0) is 13.1. The summed E-state index contributed by atoms with van der Waals surface area (Å²) >= 11 is 0. The van der Waals surface area contributed by atoms with Crippen LogP contribution in [0.1, 0.15) is 32.1 Å². The summed E-state index contributed by atoms with van der Waals surface area (Å²) < 4.78 is 5.47. The van der Waals surface area contributed by atoms with E-state index < -0.39 is 18.1 Å². The first-order valence-corrected chi connectivity index (χ1v) is 6.40. The van der Waals surface area contributed by atoms with Crippen LogP contribution in [-0.4, -0.2) is 58.4 Å². The standard InChI is InChI=1S/C12H19NO5/c14-8-5-10(12(16)17)13(7-8)11(15)6-9-3-1-2-4-18-9/h8-10,14H,1-7H2,(H,16,17)/t8-,9?,10-/m1/s1. The van der Waals surface area contributed by atoms with Crippen molar-refractivity contribution in [3.05, 3.63) is 0 Å². The van der Waals surface area contributed by atoms with E-state index in [1.807, 2.05) is 0 Å². The van der Waals surface area contributed by atoms with Gasteiger partial charge in [0.1, 0.15) is 6.04 Å². The molecule has 18 heavy (non-hydrogen) atoms. The molecule has 102 valence electrons. The van der Waals surface area contributed by atoms with Crippen molar-refractivity contribution in [3.8, 4) is 0 Å². The summed E-state index contributed by atoms with van der Waals surface area (Å²) in [6, 6.07) is -0.893. The Morgan fingerprint density at radius 1 is 1.33 bits per heavy atom. The monoisotopic (exact) mass is 257 g/mol. The van der Waals surface area contributed by atoms with Gasteiger partial charge in [-0.2, -0.15) is 0 Å². The van der Waals surface area contributed by atoms with Crippen LogP contribution >= 0.6 is 0 Å². The van der Waals surface area contributed by atoms with E-state index in [-0.39, 0.29) is 31.4 Å². The van der Waals surface area contributed by atoms with Crippen molar-refractivity contribution >= 4 is 11.9 Å². The van der Waals surface area contributed by atoms with E-state index in [0.717, 1.165) is 19.3 Å². The summed E-state index contributed by atoms with van der Waals surface area (Å²) in [7, 11) is 0. The zero-order valence-corrected chi connectivity index (χ0v) is 10.2. The molecular formula is C12H19NO5. The third-order valence-electron chi connectivity index (χ3n) is 3.56. The van der Waals surface area contributed by atoms with Gasteiger partial charge in [0.05, 0.1) is 18.6 Å². The molecule has 0 radical (unpaired) electrons. The minimum Gasteiger partial charge on any atom is -0.480 e. The zero-order valence-electron chi connectivity index (χ0n) is 10.2. The van der Waals surface area contributed by atoms with E-state index in [9.17, 15) is 14.7 Å². The number of hydrogen-bond donors (Lipinski definition) is 2. The third-order valence-corrected chi connectivity index (χ3v) is 3.56. The Morgan fingerprint density at radius 2 is 2.11 bits per heavy atom. The maximum atomic E-state index is 12.0. The van der Waals surface area contributed by atoms with Gasteiger partial charge in [0, 0.05) is 19.6 Å². The van der Waals surface area contributed by atoms with Crippen LogP contribution in [0, 0.1) is 0 Å². The van der Waals surface area contributed by atoms with Gasteiger partial charge in [-0.25, -0.2) is 4.79 Å². The highest BCUT2D eigenvalue weighted by atomic mass is 16.5. The van der Waals surface area contributed by atoms with Crippen LogP contribution in [0.2, 0.25) is 0 Å². The number of rotatable bonds is 3. The Labute approximate surface area is 106 Å². The number of carboxylic acids is 1. The van der Waals surface area contributed by atoms with Crippen molar-refractivity contribution in [2.24, 2.45) is 0 Å². The number of aliphatic hydroxyl groups excluding tert-OH is 1. The number of aliphatic hydroxyl groups is 1. The largest absolute Gasteiger partial charge is 0.480 e. The van der Waals surface area contributed by atoms with Gasteiger partial charge in [-0.15, -0.1) is 0 Å². The topological polar surface area (TPSA) is 87.1 Å². The summed E-state index contributed by atoms with van der Waals surface area (Å²) in [6.07, 6.45) is 2.41. The van der Waals surface area contributed by atoms with E-state index in [4.69, 9.17) is 9.84 Å². The molecule has 2 aliphatic heterocycles. The lowest BCUT2D eigenvalue weighted by Crippen LogP contribution is -2.42. The van der Waals surface area contributed by atoms with Crippen molar-refractivity contribution < 1.29 is 24.5 Å². The van der Waals surface area contributed by atoms with Crippen LogP contribution in [0.25, 0.3) is 0 Å². The van der Waals surface area contributed by atoms with Crippen molar-refractivity contribution in [2.45, 2.75) is 50.4 Å². The number of carboxylic acid groups (broad SMARTS) is 1. The molecule has 0 saturated carbocycles. The first kappa shape index (κ1) is 13.3. The Hall–Kier alpha value is -1.14. The average Bonchev–Trinajstić information content (AvgIpc) is 2.73. The maximum absolute atomic E-state index is 12.0. The van der Waals surface area contributed by atoms with Crippen molar-refractivity contribution in [1.29, 1.82) is 0 Å². The predicted molar refractivity (Wildman–Crippen MR) is 62.0 cm³/mol. The molecule has 1 amide bonds. The molecule has 2 aliphatic rings. The highest BCUT2D eigenvalue weighted by Crippen LogP contribution is 2.22. The lowest BCUT2D eigenvalue weighted by molar-refractivity contribution is -0.149. The molecule has 3 atom stereocenters. The smallest absolute Gasteiger partial charge is 0.326 e. The van der Waals surface area contributed by atoms with Crippen LogP contribution in [-0.2, 0) is 14.3 Å². The minimum absolute atomic E-state index is 0.0987. The van der Waals surface area contributed by atoms with Gasteiger partial charge in [0.25, 0.3) is 0 Å². The van der Waals surface area contributed by atoms with Gasteiger partial charge >= 0.3 is 5.97 Å². The number of β-amino-alcohol motifs (C(OH)–C–C–N with tert-alkyl or cyclic N) is 1. The van der Waals surface area contributed by atoms with Gasteiger partial charge in [-0.05, 0) is 19.3 Å². The minimum atomic E-state index is -1.05. The molecule has 2 N–H and O–H groups in total. The molecule has 0 aliphatic carbocycles. The summed E-state index contributed by atoms with van der Waals surface area (Å²) in [5.41, 5.74) is 0. The third kappa shape index (κ3) is 3.00. The number of likely N-dealkylation sites (tertiary alicyclic amines) is 1. The van der Waals surface area contributed by atoms with Crippen LogP contribution in [0.5, 0.6) is 0 Å². The van der Waals surface area contributed by atoms with Gasteiger partial charge < -0.3 is 19.8 Å². The van der Waals surface area contributed by atoms with E-state index in [2.05, 4.69) is 0 Å². The van der Waals surface area contributed by atoms with Crippen molar-refractivity contribution in [2.75, 3.05) is 13.2 Å². The summed E-state index contributed by atoms with van der Waals surface area (Å²) in [4.78, 5) is 24.3. The molecule has 0 bridgehead atoms. The van der Waals surface area contributed by atoms with E-state index in [1.165, 1.54) is 4.90 Å². The number of carbonyl (C=O) groups is 2. The van der Waals surface area contributed by atoms with Crippen LogP contribution in [0.3, 0.4) is 0 Å². The molecule has 2 saturated heterocycles. The lowest BCUT2D eigenvalue weighted by Gasteiger charge is -2.26. The van der Waals surface area contributed by atoms with Crippen molar-refractivity contribution in [3.63, 3.8) is 0 Å². The average molecular weight is 257 g/mol. The first-order chi connectivity index (χ1) is 8.58. The SMILES string of the molecule is O=C(O)[C@H]1C[C@@H](O)CN1C(=O)CC1CCCCO1. The second-order valence-corrected chi connectivity index (χ2v) is 4.98. The Kier molecular flexibility index (Phi) is 4.19. The molecule has 2 rings (SSSR count). The van der Waals surface area contributed by atoms with E-state index >= 15 is 0 Å². The number of amides is 1. The van der Waals surface area contributed by atoms with Gasteiger partial charge in [0.2, 0.25) is 5.91 Å². The number of ether oxygens (including phenoxy) is 1. The molecule has 6 heteroatoms. The summed E-state index contributed by atoms with van der Waals surface area (Å²) in [5.74, 6) is -1.28. The van der Waals surface area contributed by atoms with Gasteiger partial charge in [0.15, 0.2) is 0 Å². The molecule has 0 aromatic carbocycles. The molecule has 2 fully saturated rings. The lowest BCUT2D eigenvalue weighted by atomic mass is 10.1. The van der Waals surface area contributed by atoms with Gasteiger partial charge in [-0.1, -0.05) is 0 Å². The molecule has 0 aromatic heterocycles. The number of nitrogens with zero attached hydrogens (tertiary/aromatic N) is 1.